The quantitative estimate of drug-likeness (QED) is 0.686. The van der Waals surface area contributed by atoms with Gasteiger partial charge in [0, 0.05) is 18.4 Å². The van der Waals surface area contributed by atoms with Crippen LogP contribution < -0.4 is 5.32 Å². The molecule has 0 atom stereocenters. The van der Waals surface area contributed by atoms with E-state index in [1.165, 1.54) is 0 Å². The Morgan fingerprint density at radius 2 is 1.52 bits per heavy atom. The third kappa shape index (κ3) is 4.64. The molecular weight excluding hydrogens is 334 g/mol. The molecule has 0 unspecified atom stereocenters. The van der Waals surface area contributed by atoms with Gasteiger partial charge in [-0.3, -0.25) is 4.79 Å². The number of benzene rings is 2. The fraction of sp³-hybridized carbons (Fsp3) is 0.304. The van der Waals surface area contributed by atoms with Crippen LogP contribution in [0.5, 0.6) is 0 Å². The molecule has 4 nitrogen and oxygen atoms in total. The Balaban J connectivity index is 1.84. The first-order valence-corrected chi connectivity index (χ1v) is 9.31. The molecule has 3 rings (SSSR count). The van der Waals surface area contributed by atoms with E-state index in [1.54, 1.807) is 0 Å². The monoisotopic (exact) mass is 361 g/mol. The zero-order valence-electron chi connectivity index (χ0n) is 16.4. The van der Waals surface area contributed by atoms with Crippen molar-refractivity contribution in [3.63, 3.8) is 0 Å². The van der Waals surface area contributed by atoms with Gasteiger partial charge in [-0.2, -0.15) is 5.10 Å². The highest BCUT2D eigenvalue weighted by Crippen LogP contribution is 2.29. The van der Waals surface area contributed by atoms with Gasteiger partial charge in [0.15, 0.2) is 0 Å². The first-order chi connectivity index (χ1) is 12.8. The molecule has 0 aliphatic rings. The van der Waals surface area contributed by atoms with Crippen LogP contribution in [-0.2, 0) is 10.3 Å². The van der Waals surface area contributed by atoms with Crippen molar-refractivity contribution in [2.24, 2.45) is 0 Å². The minimum Gasteiger partial charge on any atom is -0.311 e. The van der Waals surface area contributed by atoms with Crippen LogP contribution in [0.25, 0.3) is 0 Å². The smallest absolute Gasteiger partial charge is 0.226 e. The number of rotatable bonds is 5. The number of aryl methyl sites for hydroxylation is 1. The number of carbonyl (C=O) groups is 1. The second-order valence-electron chi connectivity index (χ2n) is 7.88. The van der Waals surface area contributed by atoms with Gasteiger partial charge in [0.1, 0.15) is 5.82 Å². The molecule has 140 valence electrons. The largest absolute Gasteiger partial charge is 0.311 e. The number of amides is 1. The lowest BCUT2D eigenvalue weighted by Crippen LogP contribution is -2.27. The molecular formula is C23H27N3O. The molecule has 0 radical (unpaired) electrons. The summed E-state index contributed by atoms with van der Waals surface area (Å²) in [5.41, 5.74) is 2.97. The average Bonchev–Trinajstić information content (AvgIpc) is 3.02. The highest BCUT2D eigenvalue weighted by atomic mass is 16.1. The first kappa shape index (κ1) is 18.9. The van der Waals surface area contributed by atoms with Crippen LogP contribution in [0.2, 0.25) is 0 Å². The Kier molecular flexibility index (Phi) is 5.45. The second-order valence-corrected chi connectivity index (χ2v) is 7.88. The number of nitrogens with zero attached hydrogens (tertiary/aromatic N) is 2. The maximum absolute atomic E-state index is 12.9. The maximum atomic E-state index is 12.9. The van der Waals surface area contributed by atoms with Crippen molar-refractivity contribution in [3.05, 3.63) is 83.6 Å². The molecule has 1 amide bonds. The molecule has 0 aliphatic heterocycles. The predicted molar refractivity (Wildman–Crippen MR) is 110 cm³/mol. The molecule has 3 aromatic rings. The number of nitrogens with one attached hydrogen (secondary N) is 1. The van der Waals surface area contributed by atoms with Crippen LogP contribution in [0.1, 0.15) is 49.9 Å². The second kappa shape index (κ2) is 7.78. The van der Waals surface area contributed by atoms with E-state index in [4.69, 9.17) is 0 Å². The minimum absolute atomic E-state index is 0.0134. The molecule has 0 spiro atoms. The summed E-state index contributed by atoms with van der Waals surface area (Å²) in [7, 11) is 0. The maximum Gasteiger partial charge on any atom is 0.226 e. The van der Waals surface area contributed by atoms with E-state index in [2.05, 4.69) is 55.5 Å². The minimum atomic E-state index is -0.199. The lowest BCUT2D eigenvalue weighted by Gasteiger charge is -2.23. The number of carbonyl (C=O) groups excluding carboxylic acids is 1. The molecule has 1 N–H and O–H groups in total. The van der Waals surface area contributed by atoms with Crippen molar-refractivity contribution in [3.8, 4) is 0 Å². The van der Waals surface area contributed by atoms with Crippen molar-refractivity contribution in [2.75, 3.05) is 5.32 Å². The molecule has 1 aromatic heterocycles. The van der Waals surface area contributed by atoms with Gasteiger partial charge in [-0.05, 0) is 38.8 Å². The first-order valence-electron chi connectivity index (χ1n) is 9.31. The van der Waals surface area contributed by atoms with E-state index in [-0.39, 0.29) is 17.4 Å². The van der Waals surface area contributed by atoms with Gasteiger partial charge in [0.2, 0.25) is 5.91 Å². The lowest BCUT2D eigenvalue weighted by atomic mass is 9.88. The molecule has 0 saturated carbocycles. The van der Waals surface area contributed by atoms with Crippen molar-refractivity contribution in [1.82, 2.24) is 9.78 Å². The Morgan fingerprint density at radius 1 is 1.00 bits per heavy atom. The van der Waals surface area contributed by atoms with Gasteiger partial charge in [-0.25, -0.2) is 4.68 Å². The van der Waals surface area contributed by atoms with Crippen LogP contribution in [0, 0.1) is 6.92 Å². The Bertz CT molecular complexity index is 853. The van der Waals surface area contributed by atoms with E-state index in [9.17, 15) is 4.79 Å². The van der Waals surface area contributed by atoms with E-state index in [1.807, 2.05) is 54.1 Å². The highest BCUT2D eigenvalue weighted by molar-refractivity contribution is 5.90. The summed E-state index contributed by atoms with van der Waals surface area (Å²) in [6.07, 6.45) is 0.377. The molecule has 2 aromatic carbocycles. The van der Waals surface area contributed by atoms with Crippen molar-refractivity contribution in [1.29, 1.82) is 0 Å². The van der Waals surface area contributed by atoms with E-state index < -0.39 is 0 Å². The summed E-state index contributed by atoms with van der Waals surface area (Å²) < 4.78 is 1.88. The SMILES string of the molecule is Cc1cc(NC(=O)CC(c2ccccc2)c2ccccc2)n(C(C)(C)C)n1. The van der Waals surface area contributed by atoms with Crippen LogP contribution in [0.15, 0.2) is 66.7 Å². The lowest BCUT2D eigenvalue weighted by molar-refractivity contribution is -0.116. The fourth-order valence-electron chi connectivity index (χ4n) is 3.28. The van der Waals surface area contributed by atoms with Gasteiger partial charge in [0.25, 0.3) is 0 Å². The van der Waals surface area contributed by atoms with Gasteiger partial charge >= 0.3 is 0 Å². The number of anilines is 1. The van der Waals surface area contributed by atoms with E-state index in [0.717, 1.165) is 22.6 Å². The summed E-state index contributed by atoms with van der Waals surface area (Å²) in [6, 6.07) is 22.3. The summed E-state index contributed by atoms with van der Waals surface area (Å²) in [4.78, 5) is 12.9. The summed E-state index contributed by atoms with van der Waals surface area (Å²) in [6.45, 7) is 8.16. The van der Waals surface area contributed by atoms with Crippen molar-refractivity contribution < 1.29 is 4.79 Å². The predicted octanol–water partition coefficient (Wildman–Crippen LogP) is 5.11. The number of aromatic nitrogens is 2. The van der Waals surface area contributed by atoms with E-state index in [0.29, 0.717) is 6.42 Å². The topological polar surface area (TPSA) is 46.9 Å². The molecule has 0 fully saturated rings. The molecule has 1 heterocycles. The highest BCUT2D eigenvalue weighted by Gasteiger charge is 2.22. The van der Waals surface area contributed by atoms with Crippen LogP contribution in [-0.4, -0.2) is 15.7 Å². The fourth-order valence-corrected chi connectivity index (χ4v) is 3.28. The van der Waals surface area contributed by atoms with Crippen LogP contribution in [0.3, 0.4) is 0 Å². The van der Waals surface area contributed by atoms with E-state index >= 15 is 0 Å². The Morgan fingerprint density at radius 3 is 2.00 bits per heavy atom. The summed E-state index contributed by atoms with van der Waals surface area (Å²) in [5, 5.41) is 7.60. The summed E-state index contributed by atoms with van der Waals surface area (Å²) in [5.74, 6) is 0.738. The summed E-state index contributed by atoms with van der Waals surface area (Å²) >= 11 is 0. The molecule has 4 heteroatoms. The standard InChI is InChI=1S/C23H27N3O/c1-17-15-21(26(25-17)23(2,3)4)24-22(27)16-20(18-11-7-5-8-12-18)19-13-9-6-10-14-19/h5-15,20H,16H2,1-4H3,(H,24,27). The Hall–Kier alpha value is -2.88. The van der Waals surface area contributed by atoms with Crippen molar-refractivity contribution in [2.45, 2.75) is 45.6 Å². The third-order valence-electron chi connectivity index (χ3n) is 4.53. The van der Waals surface area contributed by atoms with Crippen LogP contribution in [0.4, 0.5) is 5.82 Å². The zero-order valence-corrected chi connectivity index (χ0v) is 16.4. The zero-order chi connectivity index (χ0) is 19.4. The van der Waals surface area contributed by atoms with Crippen LogP contribution >= 0.6 is 0 Å². The van der Waals surface area contributed by atoms with Gasteiger partial charge in [-0.1, -0.05) is 60.7 Å². The molecule has 27 heavy (non-hydrogen) atoms. The number of hydrogen-bond acceptors (Lipinski definition) is 2. The Labute approximate surface area is 161 Å². The molecule has 0 saturated heterocycles. The normalized spacial score (nSPS) is 11.6. The van der Waals surface area contributed by atoms with Gasteiger partial charge in [0.05, 0.1) is 11.2 Å². The number of hydrogen-bond donors (Lipinski definition) is 1. The average molecular weight is 361 g/mol. The molecule has 0 aliphatic carbocycles. The van der Waals surface area contributed by atoms with Crippen molar-refractivity contribution >= 4 is 11.7 Å². The van der Waals surface area contributed by atoms with Gasteiger partial charge < -0.3 is 5.32 Å². The third-order valence-corrected chi connectivity index (χ3v) is 4.53. The molecule has 0 bridgehead atoms. The van der Waals surface area contributed by atoms with Gasteiger partial charge in [-0.15, -0.1) is 0 Å².